The first-order valence-corrected chi connectivity index (χ1v) is 17.4. The second-order valence-corrected chi connectivity index (χ2v) is 15.4. The third kappa shape index (κ3) is 9.15. The fourth-order valence-corrected chi connectivity index (χ4v) is 6.71. The molecule has 1 unspecified atom stereocenters. The number of nitrogens with one attached hydrogen (secondary N) is 1. The molecule has 0 aliphatic heterocycles. The Morgan fingerprint density at radius 3 is 1.95 bits per heavy atom. The molecule has 0 heterocycles. The van der Waals surface area contributed by atoms with E-state index in [4.69, 9.17) is 0 Å². The SMILES string of the molecule is CC(C)(C)NC(=O)C(Cc1ccccc1)N(Cc1ccc(Br)cc1)C(=O)CN(c1ccc(I)cc1)S(=O)(=O)c1ccccc1. The molecule has 0 fully saturated rings. The Balaban J connectivity index is 1.80. The maximum atomic E-state index is 14.5. The van der Waals surface area contributed by atoms with Gasteiger partial charge in [-0.05, 0) is 103 Å². The maximum absolute atomic E-state index is 14.5. The lowest BCUT2D eigenvalue weighted by Crippen LogP contribution is -2.56. The molecule has 1 N–H and O–H groups in total. The molecular weight excluding hydrogens is 753 g/mol. The summed E-state index contributed by atoms with van der Waals surface area (Å²) in [7, 11) is -4.13. The van der Waals surface area contributed by atoms with E-state index < -0.39 is 34.1 Å². The molecule has 0 aromatic heterocycles. The maximum Gasteiger partial charge on any atom is 0.264 e. The number of amides is 2. The van der Waals surface area contributed by atoms with E-state index >= 15 is 0 Å². The smallest absolute Gasteiger partial charge is 0.264 e. The van der Waals surface area contributed by atoms with Crippen molar-refractivity contribution >= 4 is 66.0 Å². The number of nitrogens with zero attached hydrogens (tertiary/aromatic N) is 2. The van der Waals surface area contributed by atoms with E-state index in [9.17, 15) is 18.0 Å². The lowest BCUT2D eigenvalue weighted by molar-refractivity contribution is -0.140. The van der Waals surface area contributed by atoms with Gasteiger partial charge in [-0.2, -0.15) is 0 Å². The second-order valence-electron chi connectivity index (χ2n) is 11.4. The summed E-state index contributed by atoms with van der Waals surface area (Å²) in [6.07, 6.45) is 0.250. The zero-order chi connectivity index (χ0) is 31.9. The van der Waals surface area contributed by atoms with Crippen LogP contribution in [0.5, 0.6) is 0 Å². The number of hydrogen-bond acceptors (Lipinski definition) is 4. The molecule has 44 heavy (non-hydrogen) atoms. The van der Waals surface area contributed by atoms with Crippen molar-refractivity contribution in [2.45, 2.75) is 50.2 Å². The molecule has 7 nitrogen and oxygen atoms in total. The fraction of sp³-hybridized carbons (Fsp3) is 0.235. The number of rotatable bonds is 11. The van der Waals surface area contributed by atoms with Gasteiger partial charge in [0.05, 0.1) is 10.6 Å². The first-order valence-electron chi connectivity index (χ1n) is 14.1. The van der Waals surface area contributed by atoms with Crippen molar-refractivity contribution in [1.82, 2.24) is 10.2 Å². The molecule has 230 valence electrons. The number of sulfonamides is 1. The van der Waals surface area contributed by atoms with Gasteiger partial charge in [0.15, 0.2) is 0 Å². The molecule has 10 heteroatoms. The van der Waals surface area contributed by atoms with E-state index in [0.717, 1.165) is 23.5 Å². The number of carbonyl (C=O) groups is 2. The summed E-state index contributed by atoms with van der Waals surface area (Å²) in [5.41, 5.74) is 1.48. The second kappa shape index (κ2) is 14.7. The number of hydrogen-bond donors (Lipinski definition) is 1. The van der Waals surface area contributed by atoms with Crippen LogP contribution in [-0.4, -0.2) is 43.3 Å². The van der Waals surface area contributed by atoms with Crippen molar-refractivity contribution in [2.75, 3.05) is 10.8 Å². The van der Waals surface area contributed by atoms with Gasteiger partial charge >= 0.3 is 0 Å². The molecule has 4 rings (SSSR count). The van der Waals surface area contributed by atoms with Crippen LogP contribution in [0.25, 0.3) is 0 Å². The van der Waals surface area contributed by atoms with Crippen molar-refractivity contribution < 1.29 is 18.0 Å². The van der Waals surface area contributed by atoms with E-state index in [-0.39, 0.29) is 23.8 Å². The zero-order valence-electron chi connectivity index (χ0n) is 24.8. The molecule has 4 aromatic carbocycles. The highest BCUT2D eigenvalue weighted by Crippen LogP contribution is 2.26. The molecular formula is C34H35BrIN3O4S. The molecule has 4 aromatic rings. The van der Waals surface area contributed by atoms with Crippen LogP contribution in [0.3, 0.4) is 0 Å². The molecule has 0 bridgehead atoms. The first kappa shape index (κ1) is 33.7. The molecule has 0 saturated heterocycles. The van der Waals surface area contributed by atoms with Crippen LogP contribution in [0, 0.1) is 3.57 Å². The van der Waals surface area contributed by atoms with Gasteiger partial charge in [0, 0.05) is 26.5 Å². The van der Waals surface area contributed by atoms with Crippen LogP contribution >= 0.6 is 38.5 Å². The standard InChI is InChI=1S/C34H35BrIN3O4S/c1-34(2,3)37-33(41)31(22-25-10-6-4-7-11-25)38(23-26-14-16-27(35)17-15-26)32(40)24-39(29-20-18-28(36)19-21-29)44(42,43)30-12-8-5-9-13-30/h4-21,31H,22-24H2,1-3H3,(H,37,41). The molecule has 0 aliphatic rings. The molecule has 0 aliphatic carbocycles. The highest BCUT2D eigenvalue weighted by atomic mass is 127. The van der Waals surface area contributed by atoms with Crippen molar-refractivity contribution in [3.8, 4) is 0 Å². The monoisotopic (exact) mass is 787 g/mol. The number of halogens is 2. The Bertz CT molecular complexity index is 1660. The Morgan fingerprint density at radius 1 is 0.818 bits per heavy atom. The minimum atomic E-state index is -4.13. The van der Waals surface area contributed by atoms with Crippen LogP contribution < -0.4 is 9.62 Å². The predicted octanol–water partition coefficient (Wildman–Crippen LogP) is 6.80. The third-order valence-electron chi connectivity index (χ3n) is 6.76. The number of benzene rings is 4. The number of anilines is 1. The van der Waals surface area contributed by atoms with Gasteiger partial charge in [-0.1, -0.05) is 76.6 Å². The van der Waals surface area contributed by atoms with Gasteiger partial charge in [0.2, 0.25) is 11.8 Å². The van der Waals surface area contributed by atoms with Crippen LogP contribution in [0.1, 0.15) is 31.9 Å². The van der Waals surface area contributed by atoms with E-state index in [1.807, 2.05) is 75.4 Å². The Kier molecular flexibility index (Phi) is 11.3. The van der Waals surface area contributed by atoms with Crippen molar-refractivity contribution in [3.05, 3.63) is 128 Å². The summed E-state index contributed by atoms with van der Waals surface area (Å²) in [4.78, 5) is 30.0. The first-order chi connectivity index (χ1) is 20.8. The van der Waals surface area contributed by atoms with Gasteiger partial charge < -0.3 is 10.2 Å². The minimum Gasteiger partial charge on any atom is -0.350 e. The van der Waals surface area contributed by atoms with Crippen LogP contribution in [-0.2, 0) is 32.6 Å². The quantitative estimate of drug-likeness (QED) is 0.170. The fourth-order valence-electron chi connectivity index (χ4n) is 4.65. The topological polar surface area (TPSA) is 86.8 Å². The van der Waals surface area contributed by atoms with Gasteiger partial charge in [0.1, 0.15) is 12.6 Å². The highest BCUT2D eigenvalue weighted by Gasteiger charge is 2.35. The average Bonchev–Trinajstić information content (AvgIpc) is 2.99. The van der Waals surface area contributed by atoms with E-state index in [1.165, 1.54) is 17.0 Å². The van der Waals surface area contributed by atoms with Crippen LogP contribution in [0.4, 0.5) is 5.69 Å². The summed E-state index contributed by atoms with van der Waals surface area (Å²) < 4.78 is 31.0. The summed E-state index contributed by atoms with van der Waals surface area (Å²) in [5.74, 6) is -0.825. The van der Waals surface area contributed by atoms with Gasteiger partial charge in [-0.3, -0.25) is 13.9 Å². The highest BCUT2D eigenvalue weighted by molar-refractivity contribution is 14.1. The van der Waals surface area contributed by atoms with E-state index in [2.05, 4.69) is 43.8 Å². The Hall–Kier alpha value is -3.22. The summed E-state index contributed by atoms with van der Waals surface area (Å²) in [6, 6.07) is 31.1. The van der Waals surface area contributed by atoms with Gasteiger partial charge in [-0.15, -0.1) is 0 Å². The summed E-state index contributed by atoms with van der Waals surface area (Å²) >= 11 is 5.61. The van der Waals surface area contributed by atoms with E-state index in [1.54, 1.807) is 42.5 Å². The summed E-state index contributed by atoms with van der Waals surface area (Å²) in [5, 5.41) is 3.04. The molecule has 0 spiro atoms. The lowest BCUT2D eigenvalue weighted by Gasteiger charge is -2.35. The predicted molar refractivity (Wildman–Crippen MR) is 187 cm³/mol. The van der Waals surface area contributed by atoms with Crippen molar-refractivity contribution in [1.29, 1.82) is 0 Å². The van der Waals surface area contributed by atoms with Crippen LogP contribution in [0.15, 0.2) is 119 Å². The van der Waals surface area contributed by atoms with E-state index in [0.29, 0.717) is 5.69 Å². The molecule has 2 amide bonds. The molecule has 0 radical (unpaired) electrons. The normalized spacial score (nSPS) is 12.3. The average molecular weight is 789 g/mol. The lowest BCUT2D eigenvalue weighted by atomic mass is 10.0. The Morgan fingerprint density at radius 2 is 1.39 bits per heavy atom. The molecule has 1 atom stereocenters. The largest absolute Gasteiger partial charge is 0.350 e. The van der Waals surface area contributed by atoms with Crippen molar-refractivity contribution in [3.63, 3.8) is 0 Å². The minimum absolute atomic E-state index is 0.0668. The van der Waals surface area contributed by atoms with Gasteiger partial charge in [-0.25, -0.2) is 8.42 Å². The molecule has 0 saturated carbocycles. The van der Waals surface area contributed by atoms with Gasteiger partial charge in [0.25, 0.3) is 10.0 Å². The number of carbonyl (C=O) groups excluding carboxylic acids is 2. The van der Waals surface area contributed by atoms with Crippen molar-refractivity contribution in [2.24, 2.45) is 0 Å². The summed E-state index contributed by atoms with van der Waals surface area (Å²) in [6.45, 7) is 5.26. The van der Waals surface area contributed by atoms with Crippen LogP contribution in [0.2, 0.25) is 0 Å². The third-order valence-corrected chi connectivity index (χ3v) is 9.80. The zero-order valence-corrected chi connectivity index (χ0v) is 29.3. The Labute approximate surface area is 282 Å².